The Morgan fingerprint density at radius 1 is 0.923 bits per heavy atom. The Hall–Kier alpha value is -3.55. The van der Waals surface area contributed by atoms with E-state index in [0.717, 1.165) is 4.90 Å². The van der Waals surface area contributed by atoms with Gasteiger partial charge in [0, 0.05) is 25.4 Å². The number of hydrogen-bond acceptors (Lipinski definition) is 5. The van der Waals surface area contributed by atoms with E-state index < -0.39 is 23.6 Å². The van der Waals surface area contributed by atoms with E-state index in [1.54, 1.807) is 48.8 Å². The molecule has 1 aliphatic rings. The molecule has 1 aromatic carbocycles. The summed E-state index contributed by atoms with van der Waals surface area (Å²) in [5.74, 6) is -1.73. The van der Waals surface area contributed by atoms with Gasteiger partial charge in [0.05, 0.1) is 17.5 Å². The van der Waals surface area contributed by atoms with E-state index in [4.69, 9.17) is 0 Å². The van der Waals surface area contributed by atoms with Crippen molar-refractivity contribution in [1.29, 1.82) is 0 Å². The smallest absolute Gasteiger partial charge is 0.261 e. The summed E-state index contributed by atoms with van der Waals surface area (Å²) in [7, 11) is 0. The molecule has 8 nitrogen and oxygen atoms in total. The average molecular weight is 352 g/mol. The number of rotatable bonds is 5. The second-order valence-electron chi connectivity index (χ2n) is 5.69. The molecular weight excluding hydrogens is 336 g/mol. The number of imide groups is 1. The minimum atomic E-state index is -0.499. The number of benzene rings is 1. The first-order valence-corrected chi connectivity index (χ1v) is 7.98. The first-order valence-electron chi connectivity index (χ1n) is 7.98. The van der Waals surface area contributed by atoms with E-state index in [2.05, 4.69) is 15.8 Å². The van der Waals surface area contributed by atoms with Gasteiger partial charge in [-0.15, -0.1) is 0 Å². The van der Waals surface area contributed by atoms with Crippen molar-refractivity contribution in [1.82, 2.24) is 20.7 Å². The van der Waals surface area contributed by atoms with Gasteiger partial charge in [-0.25, -0.2) is 0 Å². The van der Waals surface area contributed by atoms with Crippen LogP contribution in [0, 0.1) is 0 Å². The van der Waals surface area contributed by atoms with E-state index in [9.17, 15) is 19.2 Å². The Morgan fingerprint density at radius 2 is 1.58 bits per heavy atom. The van der Waals surface area contributed by atoms with Crippen LogP contribution in [0.1, 0.15) is 32.7 Å². The van der Waals surface area contributed by atoms with Gasteiger partial charge in [0.2, 0.25) is 11.8 Å². The van der Waals surface area contributed by atoms with Crippen molar-refractivity contribution in [2.45, 2.75) is 12.8 Å². The van der Waals surface area contributed by atoms with Gasteiger partial charge in [-0.05, 0) is 23.8 Å². The summed E-state index contributed by atoms with van der Waals surface area (Å²) in [6.45, 7) is -0.0589. The summed E-state index contributed by atoms with van der Waals surface area (Å²) in [5.41, 5.74) is 5.95. The lowest BCUT2D eigenvalue weighted by atomic mass is 10.1. The molecule has 0 unspecified atom stereocenters. The summed E-state index contributed by atoms with van der Waals surface area (Å²) in [6.07, 6.45) is 3.12. The molecule has 0 bridgehead atoms. The van der Waals surface area contributed by atoms with Crippen LogP contribution in [0.15, 0.2) is 48.8 Å². The van der Waals surface area contributed by atoms with E-state index in [1.807, 2.05) is 0 Å². The molecule has 1 aliphatic heterocycles. The minimum Gasteiger partial charge on any atom is -0.274 e. The van der Waals surface area contributed by atoms with Gasteiger partial charge in [-0.2, -0.15) is 0 Å². The van der Waals surface area contributed by atoms with Gasteiger partial charge in [-0.3, -0.25) is 39.9 Å². The van der Waals surface area contributed by atoms with Crippen molar-refractivity contribution in [3.8, 4) is 0 Å². The molecule has 0 aliphatic carbocycles. The van der Waals surface area contributed by atoms with Crippen LogP contribution in [0.2, 0.25) is 0 Å². The Labute approximate surface area is 149 Å². The Balaban J connectivity index is 1.46. The quantitative estimate of drug-likeness (QED) is 0.600. The number of fused-ring (bicyclic) bond motifs is 1. The van der Waals surface area contributed by atoms with Gasteiger partial charge in [0.1, 0.15) is 0 Å². The van der Waals surface area contributed by atoms with Crippen molar-refractivity contribution in [2.75, 3.05) is 6.54 Å². The van der Waals surface area contributed by atoms with Gasteiger partial charge in [0.15, 0.2) is 0 Å². The second kappa shape index (κ2) is 7.56. The van der Waals surface area contributed by atoms with E-state index in [1.165, 1.54) is 0 Å². The highest BCUT2D eigenvalue weighted by Crippen LogP contribution is 2.22. The molecule has 2 N–H and O–H groups in total. The third-order valence-corrected chi connectivity index (χ3v) is 3.87. The highest BCUT2D eigenvalue weighted by molar-refractivity contribution is 6.21. The fraction of sp³-hybridized carbons (Fsp3) is 0.167. The zero-order chi connectivity index (χ0) is 18.5. The average Bonchev–Trinajstić information content (AvgIpc) is 2.90. The van der Waals surface area contributed by atoms with E-state index >= 15 is 0 Å². The van der Waals surface area contributed by atoms with Crippen LogP contribution >= 0.6 is 0 Å². The summed E-state index contributed by atoms with van der Waals surface area (Å²) in [5, 5.41) is 0. The molecule has 1 aromatic heterocycles. The number of pyridine rings is 1. The number of carbonyl (C=O) groups excluding carboxylic acids is 4. The summed E-state index contributed by atoms with van der Waals surface area (Å²) in [6, 6.07) is 9.97. The molecular formula is C18H16N4O4. The maximum atomic E-state index is 12.2. The van der Waals surface area contributed by atoms with Gasteiger partial charge in [-0.1, -0.05) is 18.2 Å². The first kappa shape index (κ1) is 17.3. The molecule has 0 spiro atoms. The lowest BCUT2D eigenvalue weighted by Crippen LogP contribution is -2.44. The fourth-order valence-electron chi connectivity index (χ4n) is 2.59. The molecule has 0 saturated carbocycles. The fourth-order valence-corrected chi connectivity index (χ4v) is 2.59. The highest BCUT2D eigenvalue weighted by atomic mass is 16.2. The largest absolute Gasteiger partial charge is 0.274 e. The van der Waals surface area contributed by atoms with Gasteiger partial charge in [0.25, 0.3) is 11.8 Å². The summed E-state index contributed by atoms with van der Waals surface area (Å²) < 4.78 is 0. The Morgan fingerprint density at radius 3 is 2.19 bits per heavy atom. The number of aromatic nitrogens is 1. The molecule has 4 amide bonds. The van der Waals surface area contributed by atoms with Crippen LogP contribution in [0.25, 0.3) is 0 Å². The molecule has 26 heavy (non-hydrogen) atoms. The van der Waals surface area contributed by atoms with Gasteiger partial charge < -0.3 is 0 Å². The minimum absolute atomic E-state index is 0.0589. The van der Waals surface area contributed by atoms with Crippen LogP contribution in [0.4, 0.5) is 0 Å². The molecule has 8 heteroatoms. The molecule has 0 radical (unpaired) electrons. The zero-order valence-electron chi connectivity index (χ0n) is 13.8. The van der Waals surface area contributed by atoms with Crippen molar-refractivity contribution >= 4 is 23.6 Å². The molecule has 2 heterocycles. The number of nitrogens with one attached hydrogen (secondary N) is 2. The third-order valence-electron chi connectivity index (χ3n) is 3.87. The summed E-state index contributed by atoms with van der Waals surface area (Å²) in [4.78, 5) is 52.9. The van der Waals surface area contributed by atoms with Crippen LogP contribution in [0.3, 0.4) is 0 Å². The summed E-state index contributed by atoms with van der Waals surface area (Å²) >= 11 is 0. The predicted octanol–water partition coefficient (Wildman–Crippen LogP) is 0.458. The second-order valence-corrected chi connectivity index (χ2v) is 5.69. The predicted molar refractivity (Wildman–Crippen MR) is 90.7 cm³/mol. The Kier molecular flexibility index (Phi) is 5.02. The maximum Gasteiger partial charge on any atom is 0.261 e. The number of amides is 4. The molecule has 132 valence electrons. The first-order chi connectivity index (χ1) is 12.6. The van der Waals surface area contributed by atoms with Crippen molar-refractivity contribution in [3.63, 3.8) is 0 Å². The molecule has 0 atom stereocenters. The van der Waals surface area contributed by atoms with Crippen LogP contribution in [-0.4, -0.2) is 40.1 Å². The zero-order valence-corrected chi connectivity index (χ0v) is 13.8. The van der Waals surface area contributed by atoms with Crippen LogP contribution in [-0.2, 0) is 16.0 Å². The molecule has 0 fully saturated rings. The van der Waals surface area contributed by atoms with Crippen molar-refractivity contribution in [2.24, 2.45) is 0 Å². The lowest BCUT2D eigenvalue weighted by molar-refractivity contribution is -0.128. The van der Waals surface area contributed by atoms with E-state index in [-0.39, 0.29) is 19.4 Å². The van der Waals surface area contributed by atoms with Crippen molar-refractivity contribution in [3.05, 3.63) is 65.5 Å². The Bertz CT molecular complexity index is 832. The third kappa shape index (κ3) is 3.75. The number of hydrogen-bond donors (Lipinski definition) is 2. The van der Waals surface area contributed by atoms with E-state index in [0.29, 0.717) is 16.7 Å². The SMILES string of the molecule is O=C(CCN1C(=O)c2ccccc2C1=O)NNC(=O)Cc1cccnc1. The van der Waals surface area contributed by atoms with Gasteiger partial charge >= 0.3 is 0 Å². The monoisotopic (exact) mass is 352 g/mol. The van der Waals surface area contributed by atoms with Crippen LogP contribution in [0.5, 0.6) is 0 Å². The number of hydrazine groups is 1. The normalized spacial score (nSPS) is 12.7. The molecule has 3 rings (SSSR count). The standard InChI is InChI=1S/C18H16N4O4/c23-15(20-21-16(24)10-12-4-3-8-19-11-12)7-9-22-17(25)13-5-1-2-6-14(13)18(22)26/h1-6,8,11H,7,9-10H2,(H,20,23)(H,21,24). The maximum absolute atomic E-state index is 12.2. The highest BCUT2D eigenvalue weighted by Gasteiger charge is 2.34. The molecule has 0 saturated heterocycles. The number of carbonyl (C=O) groups is 4. The molecule has 2 aromatic rings. The van der Waals surface area contributed by atoms with Crippen molar-refractivity contribution < 1.29 is 19.2 Å². The number of nitrogens with zero attached hydrogens (tertiary/aromatic N) is 2. The lowest BCUT2D eigenvalue weighted by Gasteiger charge is -2.13. The van der Waals surface area contributed by atoms with Crippen LogP contribution < -0.4 is 10.9 Å². The topological polar surface area (TPSA) is 108 Å².